The highest BCUT2D eigenvalue weighted by Crippen LogP contribution is 2.32. The number of hydrogen-bond donors (Lipinski definition) is 1. The molecular weight excluding hydrogens is 402 g/mol. The Kier molecular flexibility index (Phi) is 6.88. The van der Waals surface area contributed by atoms with Crippen molar-refractivity contribution in [1.82, 2.24) is 4.31 Å². The van der Waals surface area contributed by atoms with Crippen LogP contribution in [0.3, 0.4) is 0 Å². The number of sulfonamides is 1. The van der Waals surface area contributed by atoms with Crippen molar-refractivity contribution in [2.24, 2.45) is 0 Å². The fourth-order valence-corrected chi connectivity index (χ4v) is 5.46. The summed E-state index contributed by atoms with van der Waals surface area (Å²) in [6.45, 7) is 10.1. The van der Waals surface area contributed by atoms with Crippen molar-refractivity contribution in [2.75, 3.05) is 36.4 Å². The van der Waals surface area contributed by atoms with Crippen LogP contribution >= 0.6 is 0 Å². The molecule has 2 aromatic rings. The van der Waals surface area contributed by atoms with Crippen LogP contribution in [0, 0.1) is 13.8 Å². The number of nitrogens with zero attached hydrogens (tertiary/aromatic N) is 2. The van der Waals surface area contributed by atoms with Crippen LogP contribution in [0.2, 0.25) is 0 Å². The number of benzene rings is 1. The van der Waals surface area contributed by atoms with Gasteiger partial charge in [0.25, 0.3) is 5.91 Å². The molecule has 7 nitrogen and oxygen atoms in total. The molecule has 0 saturated carbocycles. The van der Waals surface area contributed by atoms with Crippen molar-refractivity contribution in [3.05, 3.63) is 41.3 Å². The van der Waals surface area contributed by atoms with Crippen LogP contribution in [-0.2, 0) is 10.0 Å². The van der Waals surface area contributed by atoms with E-state index in [-0.39, 0.29) is 10.8 Å². The zero-order valence-corrected chi connectivity index (χ0v) is 19.0. The number of rotatable bonds is 7. The van der Waals surface area contributed by atoms with Gasteiger partial charge in [-0.25, -0.2) is 8.42 Å². The predicted molar refractivity (Wildman–Crippen MR) is 119 cm³/mol. The number of amides is 1. The summed E-state index contributed by atoms with van der Waals surface area (Å²) in [6.07, 6.45) is 2.80. The van der Waals surface area contributed by atoms with E-state index in [0.717, 1.165) is 38.0 Å². The third-order valence-corrected chi connectivity index (χ3v) is 7.45. The molecule has 1 fully saturated rings. The second kappa shape index (κ2) is 9.22. The average Bonchev–Trinajstić information content (AvgIpc) is 3.08. The molecule has 1 amide bonds. The smallest absolute Gasteiger partial charge is 0.259 e. The molecule has 1 aromatic carbocycles. The summed E-state index contributed by atoms with van der Waals surface area (Å²) in [5.74, 6) is 0.875. The van der Waals surface area contributed by atoms with Crippen LogP contribution in [0.1, 0.15) is 55.0 Å². The molecule has 3 rings (SSSR count). The van der Waals surface area contributed by atoms with Gasteiger partial charge in [-0.3, -0.25) is 4.79 Å². The molecule has 0 unspecified atom stereocenters. The number of aryl methyl sites for hydroxylation is 2. The molecule has 1 aliphatic heterocycles. The van der Waals surface area contributed by atoms with E-state index in [1.165, 1.54) is 4.31 Å². The quantitative estimate of drug-likeness (QED) is 0.709. The summed E-state index contributed by atoms with van der Waals surface area (Å²) in [4.78, 5) is 15.2. The number of nitrogens with one attached hydrogen (secondary N) is 1. The first-order valence-electron chi connectivity index (χ1n) is 10.6. The van der Waals surface area contributed by atoms with Crippen LogP contribution < -0.4 is 10.2 Å². The van der Waals surface area contributed by atoms with Crippen molar-refractivity contribution >= 4 is 27.3 Å². The standard InChI is InChI=1S/C22H31N3O4S/c1-5-24(6-2)21-11-10-18(30(27,28)25-12-8-7-9-13-25)15-20(21)23-22(26)19-14-16(3)29-17(19)4/h10-11,14-15H,5-9,12-13H2,1-4H3,(H,23,26). The van der Waals surface area contributed by atoms with E-state index in [1.807, 2.05) is 13.8 Å². The van der Waals surface area contributed by atoms with Gasteiger partial charge in [-0.2, -0.15) is 4.31 Å². The van der Waals surface area contributed by atoms with Gasteiger partial charge in [-0.15, -0.1) is 0 Å². The summed E-state index contributed by atoms with van der Waals surface area (Å²) in [5, 5.41) is 2.92. The van der Waals surface area contributed by atoms with Gasteiger partial charge in [-0.05, 0) is 64.8 Å². The molecule has 0 radical (unpaired) electrons. The molecule has 1 aliphatic rings. The van der Waals surface area contributed by atoms with Crippen molar-refractivity contribution in [3.8, 4) is 0 Å². The molecule has 2 heterocycles. The normalized spacial score (nSPS) is 15.2. The van der Waals surface area contributed by atoms with E-state index >= 15 is 0 Å². The van der Waals surface area contributed by atoms with Crippen LogP contribution in [-0.4, -0.2) is 44.8 Å². The Hall–Kier alpha value is -2.32. The second-order valence-electron chi connectivity index (χ2n) is 7.60. The lowest BCUT2D eigenvalue weighted by Gasteiger charge is -2.28. The minimum absolute atomic E-state index is 0.204. The van der Waals surface area contributed by atoms with Gasteiger partial charge in [0.2, 0.25) is 10.0 Å². The molecule has 30 heavy (non-hydrogen) atoms. The molecule has 1 saturated heterocycles. The minimum atomic E-state index is -3.60. The highest BCUT2D eigenvalue weighted by Gasteiger charge is 2.27. The van der Waals surface area contributed by atoms with Crippen molar-refractivity contribution in [3.63, 3.8) is 0 Å². The van der Waals surface area contributed by atoms with Gasteiger partial charge in [0.15, 0.2) is 0 Å². The van der Waals surface area contributed by atoms with Crippen molar-refractivity contribution in [2.45, 2.75) is 51.9 Å². The summed E-state index contributed by atoms with van der Waals surface area (Å²) < 4.78 is 33.3. The lowest BCUT2D eigenvalue weighted by Crippen LogP contribution is -2.35. The Morgan fingerprint density at radius 2 is 1.77 bits per heavy atom. The molecular formula is C22H31N3O4S. The van der Waals surface area contributed by atoms with E-state index < -0.39 is 10.0 Å². The van der Waals surface area contributed by atoms with E-state index in [9.17, 15) is 13.2 Å². The highest BCUT2D eigenvalue weighted by molar-refractivity contribution is 7.89. The lowest BCUT2D eigenvalue weighted by molar-refractivity contribution is 0.102. The summed E-state index contributed by atoms with van der Waals surface area (Å²) in [5.41, 5.74) is 1.73. The molecule has 8 heteroatoms. The molecule has 0 atom stereocenters. The highest BCUT2D eigenvalue weighted by atomic mass is 32.2. The maximum Gasteiger partial charge on any atom is 0.259 e. The van der Waals surface area contributed by atoms with Crippen LogP contribution in [0.15, 0.2) is 33.6 Å². The Labute approximate surface area is 179 Å². The summed E-state index contributed by atoms with van der Waals surface area (Å²) in [6, 6.07) is 6.70. The largest absolute Gasteiger partial charge is 0.466 e. The summed E-state index contributed by atoms with van der Waals surface area (Å²) >= 11 is 0. The van der Waals surface area contributed by atoms with Crippen molar-refractivity contribution < 1.29 is 17.6 Å². The Balaban J connectivity index is 2.00. The first kappa shape index (κ1) is 22.4. The van der Waals surface area contributed by atoms with Crippen LogP contribution in [0.25, 0.3) is 0 Å². The van der Waals surface area contributed by atoms with E-state index in [2.05, 4.69) is 10.2 Å². The first-order valence-corrected chi connectivity index (χ1v) is 12.0. The van der Waals surface area contributed by atoms with Crippen molar-refractivity contribution in [1.29, 1.82) is 0 Å². The number of carbonyl (C=O) groups excluding carboxylic acids is 1. The van der Waals surface area contributed by atoms with Gasteiger partial charge in [0.1, 0.15) is 11.5 Å². The maximum atomic E-state index is 13.2. The number of hydrogen-bond acceptors (Lipinski definition) is 5. The fraction of sp³-hybridized carbons (Fsp3) is 0.500. The molecule has 1 N–H and O–H groups in total. The lowest BCUT2D eigenvalue weighted by atomic mass is 10.2. The Bertz CT molecular complexity index is 1000. The van der Waals surface area contributed by atoms with E-state index in [4.69, 9.17) is 4.42 Å². The number of piperidine rings is 1. The molecule has 0 bridgehead atoms. The van der Waals surface area contributed by atoms with Crippen LogP contribution in [0.4, 0.5) is 11.4 Å². The van der Waals surface area contributed by atoms with Gasteiger partial charge < -0.3 is 14.6 Å². The predicted octanol–water partition coefficient (Wildman–Crippen LogP) is 4.17. The van der Waals surface area contributed by atoms with Gasteiger partial charge in [0.05, 0.1) is 21.8 Å². The Morgan fingerprint density at radius 1 is 1.10 bits per heavy atom. The van der Waals surface area contributed by atoms with E-state index in [1.54, 1.807) is 38.1 Å². The van der Waals surface area contributed by atoms with Gasteiger partial charge in [0, 0.05) is 26.2 Å². The first-order chi connectivity index (χ1) is 14.3. The number of carbonyl (C=O) groups is 1. The fourth-order valence-electron chi connectivity index (χ4n) is 3.92. The maximum absolute atomic E-state index is 13.2. The molecule has 1 aromatic heterocycles. The van der Waals surface area contributed by atoms with Crippen LogP contribution in [0.5, 0.6) is 0 Å². The number of anilines is 2. The minimum Gasteiger partial charge on any atom is -0.466 e. The summed E-state index contributed by atoms with van der Waals surface area (Å²) in [7, 11) is -3.60. The molecule has 0 spiro atoms. The van der Waals surface area contributed by atoms with Gasteiger partial charge >= 0.3 is 0 Å². The second-order valence-corrected chi connectivity index (χ2v) is 9.53. The SMILES string of the molecule is CCN(CC)c1ccc(S(=O)(=O)N2CCCCC2)cc1NC(=O)c1cc(C)oc1C. The zero-order valence-electron chi connectivity index (χ0n) is 18.2. The van der Waals surface area contributed by atoms with Gasteiger partial charge in [-0.1, -0.05) is 6.42 Å². The monoisotopic (exact) mass is 433 g/mol. The topological polar surface area (TPSA) is 82.9 Å². The molecule has 164 valence electrons. The van der Waals surface area contributed by atoms with E-state index in [0.29, 0.717) is 35.9 Å². The molecule has 0 aliphatic carbocycles. The Morgan fingerprint density at radius 3 is 2.33 bits per heavy atom. The number of furan rings is 1. The third kappa shape index (κ3) is 4.54. The third-order valence-electron chi connectivity index (χ3n) is 5.56. The zero-order chi connectivity index (χ0) is 21.9. The average molecular weight is 434 g/mol.